The Morgan fingerprint density at radius 3 is 2.59 bits per heavy atom. The lowest BCUT2D eigenvalue weighted by Gasteiger charge is -2.19. The molecule has 0 aliphatic rings. The van der Waals surface area contributed by atoms with Crippen LogP contribution in [0.5, 0.6) is 5.75 Å². The molecular weight excluding hydrogens is 210 g/mol. The van der Waals surface area contributed by atoms with Crippen LogP contribution in [0.2, 0.25) is 0 Å². The second-order valence-electron chi connectivity index (χ2n) is 4.96. The number of benzene rings is 1. The average Bonchev–Trinajstić information content (AvgIpc) is 2.23. The van der Waals surface area contributed by atoms with E-state index >= 15 is 0 Å². The molecule has 2 heteroatoms. The van der Waals surface area contributed by atoms with Gasteiger partial charge in [0.25, 0.3) is 0 Å². The van der Waals surface area contributed by atoms with Crippen molar-refractivity contribution in [3.8, 4) is 5.75 Å². The second kappa shape index (κ2) is 6.65. The van der Waals surface area contributed by atoms with Gasteiger partial charge in [-0.1, -0.05) is 31.5 Å². The van der Waals surface area contributed by atoms with Crippen LogP contribution in [0.15, 0.2) is 18.2 Å². The molecule has 0 aliphatic heterocycles. The van der Waals surface area contributed by atoms with Gasteiger partial charge in [0.2, 0.25) is 0 Å². The van der Waals surface area contributed by atoms with Gasteiger partial charge in [0.15, 0.2) is 0 Å². The molecule has 17 heavy (non-hydrogen) atoms. The lowest BCUT2D eigenvalue weighted by Crippen LogP contribution is -2.20. The van der Waals surface area contributed by atoms with Crippen molar-refractivity contribution in [2.45, 2.75) is 59.1 Å². The largest absolute Gasteiger partial charge is 0.490 e. The zero-order chi connectivity index (χ0) is 12.8. The van der Waals surface area contributed by atoms with Crippen LogP contribution in [0, 0.1) is 6.92 Å². The zero-order valence-electron chi connectivity index (χ0n) is 11.5. The molecule has 2 atom stereocenters. The van der Waals surface area contributed by atoms with Crippen LogP contribution in [-0.2, 0) is 6.42 Å². The summed E-state index contributed by atoms with van der Waals surface area (Å²) in [5.41, 5.74) is 8.30. The third-order valence-electron chi connectivity index (χ3n) is 2.85. The summed E-state index contributed by atoms with van der Waals surface area (Å²) in [5.74, 6) is 1.03. The van der Waals surface area contributed by atoms with Crippen molar-refractivity contribution in [3.63, 3.8) is 0 Å². The normalized spacial score (nSPS) is 14.4. The molecule has 0 spiro atoms. The molecule has 0 heterocycles. The molecule has 1 aromatic rings. The summed E-state index contributed by atoms with van der Waals surface area (Å²) in [5, 5.41) is 0. The highest BCUT2D eigenvalue weighted by molar-refractivity contribution is 5.41. The number of hydrogen-bond donors (Lipinski definition) is 1. The van der Waals surface area contributed by atoms with Crippen LogP contribution in [0.25, 0.3) is 0 Å². The Bertz CT molecular complexity index is 347. The Morgan fingerprint density at radius 1 is 1.29 bits per heavy atom. The van der Waals surface area contributed by atoms with Crippen molar-refractivity contribution in [2.24, 2.45) is 5.73 Å². The molecule has 2 unspecified atom stereocenters. The van der Waals surface area contributed by atoms with Gasteiger partial charge in [-0.25, -0.2) is 0 Å². The van der Waals surface area contributed by atoms with E-state index in [9.17, 15) is 0 Å². The number of para-hydroxylation sites is 1. The van der Waals surface area contributed by atoms with E-state index in [2.05, 4.69) is 39.0 Å². The van der Waals surface area contributed by atoms with Crippen LogP contribution in [0.3, 0.4) is 0 Å². The average molecular weight is 235 g/mol. The summed E-state index contributed by atoms with van der Waals surface area (Å²) in [6, 6.07) is 6.45. The van der Waals surface area contributed by atoms with Crippen LogP contribution in [0.4, 0.5) is 0 Å². The fourth-order valence-electron chi connectivity index (χ4n) is 2.06. The van der Waals surface area contributed by atoms with E-state index < -0.39 is 0 Å². The molecule has 2 N–H and O–H groups in total. The summed E-state index contributed by atoms with van der Waals surface area (Å²) < 4.78 is 6.06. The maximum atomic E-state index is 6.06. The Kier molecular flexibility index (Phi) is 5.49. The van der Waals surface area contributed by atoms with E-state index in [1.165, 1.54) is 11.1 Å². The summed E-state index contributed by atoms with van der Waals surface area (Å²) >= 11 is 0. The summed E-state index contributed by atoms with van der Waals surface area (Å²) in [7, 11) is 0. The van der Waals surface area contributed by atoms with Crippen LogP contribution >= 0.6 is 0 Å². The number of ether oxygens (including phenoxy) is 1. The topological polar surface area (TPSA) is 35.2 Å². The van der Waals surface area contributed by atoms with Crippen LogP contribution in [-0.4, -0.2) is 12.1 Å². The molecule has 2 nitrogen and oxygen atoms in total. The number of rotatable bonds is 6. The SMILES string of the molecule is CCCC(C)Oc1c(C)cccc1CC(C)N. The van der Waals surface area contributed by atoms with E-state index in [-0.39, 0.29) is 12.1 Å². The first-order chi connectivity index (χ1) is 8.04. The van der Waals surface area contributed by atoms with Crippen LogP contribution < -0.4 is 10.5 Å². The van der Waals surface area contributed by atoms with Crippen molar-refractivity contribution < 1.29 is 4.74 Å². The van der Waals surface area contributed by atoms with E-state index in [4.69, 9.17) is 10.5 Å². The van der Waals surface area contributed by atoms with E-state index in [1.54, 1.807) is 0 Å². The Balaban J connectivity index is 2.87. The Morgan fingerprint density at radius 2 is 2.00 bits per heavy atom. The fraction of sp³-hybridized carbons (Fsp3) is 0.600. The zero-order valence-corrected chi connectivity index (χ0v) is 11.5. The summed E-state index contributed by atoms with van der Waals surface area (Å²) in [6.07, 6.45) is 3.38. The van der Waals surface area contributed by atoms with E-state index in [0.717, 1.165) is 25.0 Å². The maximum absolute atomic E-state index is 6.06. The molecule has 0 saturated heterocycles. The van der Waals surface area contributed by atoms with Crippen LogP contribution in [0.1, 0.15) is 44.7 Å². The van der Waals surface area contributed by atoms with Crippen molar-refractivity contribution in [1.29, 1.82) is 0 Å². The third-order valence-corrected chi connectivity index (χ3v) is 2.85. The lowest BCUT2D eigenvalue weighted by atomic mass is 10.0. The molecule has 1 aromatic carbocycles. The van der Waals surface area contributed by atoms with Crippen molar-refractivity contribution in [1.82, 2.24) is 0 Å². The van der Waals surface area contributed by atoms with Crippen molar-refractivity contribution in [2.75, 3.05) is 0 Å². The summed E-state index contributed by atoms with van der Waals surface area (Å²) in [4.78, 5) is 0. The molecule has 0 bridgehead atoms. The minimum atomic E-state index is 0.167. The molecule has 0 aromatic heterocycles. The van der Waals surface area contributed by atoms with Gasteiger partial charge in [-0.05, 0) is 44.7 Å². The van der Waals surface area contributed by atoms with Gasteiger partial charge in [0.1, 0.15) is 5.75 Å². The maximum Gasteiger partial charge on any atom is 0.125 e. The lowest BCUT2D eigenvalue weighted by molar-refractivity contribution is 0.206. The highest BCUT2D eigenvalue weighted by atomic mass is 16.5. The molecule has 0 fully saturated rings. The van der Waals surface area contributed by atoms with Gasteiger partial charge >= 0.3 is 0 Å². The van der Waals surface area contributed by atoms with Crippen molar-refractivity contribution >= 4 is 0 Å². The minimum absolute atomic E-state index is 0.167. The van der Waals surface area contributed by atoms with Gasteiger partial charge in [-0.3, -0.25) is 0 Å². The molecular formula is C15H25NO. The van der Waals surface area contributed by atoms with Gasteiger partial charge < -0.3 is 10.5 Å². The second-order valence-corrected chi connectivity index (χ2v) is 4.96. The predicted molar refractivity (Wildman–Crippen MR) is 73.5 cm³/mol. The van der Waals surface area contributed by atoms with Crippen molar-refractivity contribution in [3.05, 3.63) is 29.3 Å². The number of aryl methyl sites for hydroxylation is 1. The Hall–Kier alpha value is -1.02. The number of hydrogen-bond acceptors (Lipinski definition) is 2. The molecule has 0 aliphatic carbocycles. The van der Waals surface area contributed by atoms with E-state index in [1.807, 2.05) is 6.92 Å². The molecule has 0 radical (unpaired) electrons. The monoisotopic (exact) mass is 235 g/mol. The van der Waals surface area contributed by atoms with E-state index in [0.29, 0.717) is 0 Å². The highest BCUT2D eigenvalue weighted by Crippen LogP contribution is 2.26. The molecule has 0 amide bonds. The predicted octanol–water partition coefficient (Wildman–Crippen LogP) is 3.45. The third kappa shape index (κ3) is 4.39. The first-order valence-electron chi connectivity index (χ1n) is 6.55. The summed E-state index contributed by atoms with van der Waals surface area (Å²) in [6.45, 7) is 8.44. The van der Waals surface area contributed by atoms with Gasteiger partial charge in [-0.2, -0.15) is 0 Å². The molecule has 1 rings (SSSR count). The number of nitrogens with two attached hydrogens (primary N) is 1. The quantitative estimate of drug-likeness (QED) is 0.819. The smallest absolute Gasteiger partial charge is 0.125 e. The minimum Gasteiger partial charge on any atom is -0.490 e. The fourth-order valence-corrected chi connectivity index (χ4v) is 2.06. The Labute approximate surface area is 105 Å². The van der Waals surface area contributed by atoms with Gasteiger partial charge in [-0.15, -0.1) is 0 Å². The molecule has 0 saturated carbocycles. The van der Waals surface area contributed by atoms with Gasteiger partial charge in [0.05, 0.1) is 6.10 Å². The highest BCUT2D eigenvalue weighted by Gasteiger charge is 2.11. The first-order valence-corrected chi connectivity index (χ1v) is 6.55. The standard InChI is InChI=1S/C15H25NO/c1-5-7-13(4)17-15-11(2)8-6-9-14(15)10-12(3)16/h6,8-9,12-13H,5,7,10,16H2,1-4H3. The first kappa shape index (κ1) is 14.0. The molecule has 96 valence electrons. The van der Waals surface area contributed by atoms with Gasteiger partial charge in [0, 0.05) is 6.04 Å².